The van der Waals surface area contributed by atoms with Gasteiger partial charge in [0.15, 0.2) is 5.82 Å². The fourth-order valence-corrected chi connectivity index (χ4v) is 4.03. The van der Waals surface area contributed by atoms with Crippen molar-refractivity contribution in [2.75, 3.05) is 5.32 Å². The predicted octanol–water partition coefficient (Wildman–Crippen LogP) is 1.92. The number of benzene rings is 2. The quantitative estimate of drug-likeness (QED) is 0.358. The number of anilines is 2. The minimum Gasteiger partial charge on any atom is -0.324 e. The van der Waals surface area contributed by atoms with Crippen molar-refractivity contribution in [1.29, 1.82) is 5.26 Å². The molecule has 0 aliphatic carbocycles. The first kappa shape index (κ1) is 23.9. The number of nitrogens with one attached hydrogen (secondary N) is 1. The lowest BCUT2D eigenvalue weighted by Gasteiger charge is -2.16. The number of fused-ring (bicyclic) bond motifs is 1. The lowest BCUT2D eigenvalue weighted by Crippen LogP contribution is -2.43. The zero-order valence-corrected chi connectivity index (χ0v) is 20.3. The third kappa shape index (κ3) is 4.69. The number of hydrogen-bond donors (Lipinski definition) is 1. The van der Waals surface area contributed by atoms with E-state index in [-0.39, 0.29) is 30.4 Å². The van der Waals surface area contributed by atoms with Gasteiger partial charge in [-0.2, -0.15) is 20.4 Å². The summed E-state index contributed by atoms with van der Waals surface area (Å²) in [6, 6.07) is 9.06. The van der Waals surface area contributed by atoms with Crippen molar-refractivity contribution >= 4 is 34.1 Å². The summed E-state index contributed by atoms with van der Waals surface area (Å²) in [4.78, 5) is 34.6. The van der Waals surface area contributed by atoms with E-state index in [1.165, 1.54) is 27.7 Å². The molecule has 0 bridgehead atoms. The van der Waals surface area contributed by atoms with E-state index in [1.807, 2.05) is 0 Å². The van der Waals surface area contributed by atoms with E-state index in [9.17, 15) is 19.2 Å². The first-order chi connectivity index (χ1) is 17.7. The maximum absolute atomic E-state index is 13.9. The summed E-state index contributed by atoms with van der Waals surface area (Å²) in [5, 5.41) is 21.7. The van der Waals surface area contributed by atoms with Crippen LogP contribution >= 0.6 is 11.6 Å². The first-order valence-corrected chi connectivity index (χ1v) is 11.2. The van der Waals surface area contributed by atoms with Crippen molar-refractivity contribution in [3.8, 4) is 6.07 Å². The molecule has 1 N–H and O–H groups in total. The van der Waals surface area contributed by atoms with Crippen molar-refractivity contribution in [2.24, 2.45) is 14.1 Å². The third-order valence-electron chi connectivity index (χ3n) is 5.54. The van der Waals surface area contributed by atoms with E-state index in [2.05, 4.69) is 25.5 Å². The monoisotopic (exact) mass is 520 g/mol. The van der Waals surface area contributed by atoms with Crippen molar-refractivity contribution in [3.05, 3.63) is 91.6 Å². The Bertz CT molecular complexity index is 1830. The molecule has 0 aliphatic heterocycles. The summed E-state index contributed by atoms with van der Waals surface area (Å²) in [6.07, 6.45) is 3.23. The Morgan fingerprint density at radius 1 is 1.08 bits per heavy atom. The van der Waals surface area contributed by atoms with Gasteiger partial charge in [0, 0.05) is 25.7 Å². The highest BCUT2D eigenvalue weighted by atomic mass is 35.5. The maximum Gasteiger partial charge on any atom is 0.355 e. The molecule has 0 saturated heterocycles. The minimum atomic E-state index is -0.827. The summed E-state index contributed by atoms with van der Waals surface area (Å²) in [7, 11) is 3.43. The molecular weight excluding hydrogens is 503 g/mol. The molecule has 5 aromatic rings. The van der Waals surface area contributed by atoms with E-state index >= 15 is 0 Å². The second kappa shape index (κ2) is 9.32. The summed E-state index contributed by atoms with van der Waals surface area (Å²) in [5.41, 5.74) is -0.216. The molecule has 0 aliphatic rings. The highest BCUT2D eigenvalue weighted by Crippen LogP contribution is 2.29. The molecule has 14 heteroatoms. The normalized spacial score (nSPS) is 11.1. The van der Waals surface area contributed by atoms with Crippen LogP contribution in [-0.4, -0.2) is 38.7 Å². The number of halogens is 2. The number of aryl methyl sites for hydroxylation is 2. The van der Waals surface area contributed by atoms with Crippen molar-refractivity contribution in [2.45, 2.75) is 13.1 Å². The Kier molecular flexibility index (Phi) is 6.02. The van der Waals surface area contributed by atoms with Crippen LogP contribution in [0.2, 0.25) is 5.02 Å². The van der Waals surface area contributed by atoms with E-state index in [4.69, 9.17) is 11.6 Å². The van der Waals surface area contributed by atoms with Gasteiger partial charge in [-0.05, 0) is 29.8 Å². The fourth-order valence-electron chi connectivity index (χ4n) is 3.83. The van der Waals surface area contributed by atoms with Crippen molar-refractivity contribution in [3.63, 3.8) is 0 Å². The molecule has 0 atom stereocenters. The Hall–Kier alpha value is -4.83. The van der Waals surface area contributed by atoms with Gasteiger partial charge in [0.2, 0.25) is 5.95 Å². The van der Waals surface area contributed by atoms with Gasteiger partial charge >= 0.3 is 11.4 Å². The van der Waals surface area contributed by atoms with E-state index < -0.39 is 17.2 Å². The van der Waals surface area contributed by atoms with Gasteiger partial charge in [-0.15, -0.1) is 0 Å². The topological polar surface area (TPSA) is 141 Å². The second-order valence-electron chi connectivity index (χ2n) is 8.25. The number of nitrogens with zero attached hydrogens (tertiary/aromatic N) is 9. The third-order valence-corrected chi connectivity index (χ3v) is 5.86. The van der Waals surface area contributed by atoms with Crippen LogP contribution < -0.4 is 16.7 Å². The maximum atomic E-state index is 13.9. The summed E-state index contributed by atoms with van der Waals surface area (Å²) in [5.74, 6) is -0.527. The Labute approximate surface area is 212 Å². The van der Waals surface area contributed by atoms with Crippen LogP contribution in [0.3, 0.4) is 0 Å². The summed E-state index contributed by atoms with van der Waals surface area (Å²) >= 11 is 6.45. The van der Waals surface area contributed by atoms with Crippen molar-refractivity contribution in [1.82, 2.24) is 38.7 Å². The van der Waals surface area contributed by atoms with E-state index in [1.54, 1.807) is 43.2 Å². The second-order valence-corrected chi connectivity index (χ2v) is 8.66. The fraction of sp³-hybridized carbons (Fsp3) is 0.174. The highest BCUT2D eigenvalue weighted by Gasteiger charge is 2.18. The van der Waals surface area contributed by atoms with Crippen LogP contribution in [0.25, 0.3) is 10.9 Å². The lowest BCUT2D eigenvalue weighted by atomic mass is 10.1. The average molecular weight is 521 g/mol. The zero-order chi connectivity index (χ0) is 26.3. The minimum absolute atomic E-state index is 0.0896. The molecule has 3 heterocycles. The molecule has 37 heavy (non-hydrogen) atoms. The predicted molar refractivity (Wildman–Crippen MR) is 132 cm³/mol. The molecule has 0 spiro atoms. The molecular formula is C23H18ClFN10O2. The van der Waals surface area contributed by atoms with E-state index in [0.717, 1.165) is 16.0 Å². The van der Waals surface area contributed by atoms with Crippen LogP contribution in [-0.2, 0) is 27.2 Å². The number of aromatic nitrogens is 8. The average Bonchev–Trinajstić information content (AvgIpc) is 3.43. The molecule has 186 valence electrons. The number of nitriles is 1. The van der Waals surface area contributed by atoms with Gasteiger partial charge in [0.05, 0.1) is 34.9 Å². The highest BCUT2D eigenvalue weighted by molar-refractivity contribution is 6.34. The summed E-state index contributed by atoms with van der Waals surface area (Å²) in [6.45, 7) is -0.327. The molecule has 2 aromatic carbocycles. The first-order valence-electron chi connectivity index (χ1n) is 10.9. The van der Waals surface area contributed by atoms with Crippen LogP contribution in [0.15, 0.2) is 52.4 Å². The van der Waals surface area contributed by atoms with Crippen LogP contribution in [0.4, 0.5) is 16.0 Å². The van der Waals surface area contributed by atoms with Crippen LogP contribution in [0, 0.1) is 17.1 Å². The smallest absolute Gasteiger partial charge is 0.324 e. The lowest BCUT2D eigenvalue weighted by molar-refractivity contribution is 0.572. The Morgan fingerprint density at radius 3 is 2.62 bits per heavy atom. The number of rotatable bonds is 6. The van der Waals surface area contributed by atoms with Gasteiger partial charge in [-0.25, -0.2) is 23.5 Å². The SMILES string of the molecule is Cn1cnc(Cn2c(=O)nc(Nc3cc4cn(C)nc4cc3Cl)n(Cc3ccc(F)c(C#N)c3)c2=O)n1. The number of hydrogen-bond acceptors (Lipinski definition) is 8. The standard InChI is InChI=1S/C23H18ClFN10O2/c1-32-10-15-6-19(16(24)7-18(15)30-32)28-21-29-22(36)35(11-20-27-12-33(2)31-20)23(37)34(21)9-13-3-4-17(25)14(5-13)8-26/h3-7,10,12H,9,11H2,1-2H3,(H,28,29,36). The molecule has 0 unspecified atom stereocenters. The zero-order valence-electron chi connectivity index (χ0n) is 19.6. The Morgan fingerprint density at radius 2 is 1.89 bits per heavy atom. The van der Waals surface area contributed by atoms with E-state index in [0.29, 0.717) is 21.8 Å². The van der Waals surface area contributed by atoms with Gasteiger partial charge < -0.3 is 5.32 Å². The molecule has 12 nitrogen and oxygen atoms in total. The molecule has 5 rings (SSSR count). The molecule has 0 saturated carbocycles. The molecule has 3 aromatic heterocycles. The van der Waals surface area contributed by atoms with Gasteiger partial charge in [0.25, 0.3) is 0 Å². The molecule has 0 amide bonds. The van der Waals surface area contributed by atoms with Gasteiger partial charge in [-0.1, -0.05) is 17.7 Å². The molecule has 0 radical (unpaired) electrons. The molecule has 0 fully saturated rings. The van der Waals surface area contributed by atoms with Gasteiger partial charge in [-0.3, -0.25) is 13.9 Å². The van der Waals surface area contributed by atoms with Crippen LogP contribution in [0.5, 0.6) is 0 Å². The van der Waals surface area contributed by atoms with Crippen molar-refractivity contribution < 1.29 is 4.39 Å². The Balaban J connectivity index is 1.63. The van der Waals surface area contributed by atoms with Crippen LogP contribution in [0.1, 0.15) is 17.0 Å². The van der Waals surface area contributed by atoms with Gasteiger partial charge in [0.1, 0.15) is 18.2 Å². The summed E-state index contributed by atoms with van der Waals surface area (Å²) < 4.78 is 19.1. The largest absolute Gasteiger partial charge is 0.355 e.